The minimum Gasteiger partial charge on any atom is -0.444 e. The second-order valence-corrected chi connectivity index (χ2v) is 7.07. The number of benzene rings is 2. The van der Waals surface area contributed by atoms with Crippen molar-refractivity contribution < 1.29 is 28.7 Å². The van der Waals surface area contributed by atoms with Gasteiger partial charge >= 0.3 is 12.1 Å². The van der Waals surface area contributed by atoms with E-state index in [-0.39, 0.29) is 38.1 Å². The van der Waals surface area contributed by atoms with Crippen LogP contribution in [0.25, 0.3) is 0 Å². The number of imide groups is 1. The van der Waals surface area contributed by atoms with Gasteiger partial charge in [0.25, 0.3) is 11.8 Å². The SMILES string of the molecule is O=C1OCN(C(=O)OCc2ccccc2)C1CCCN1C(=O)c2ccccc2C1=O. The molecule has 1 fully saturated rings. The summed E-state index contributed by atoms with van der Waals surface area (Å²) in [6, 6.07) is 15.1. The van der Waals surface area contributed by atoms with Gasteiger partial charge in [0.1, 0.15) is 12.6 Å². The van der Waals surface area contributed by atoms with Crippen LogP contribution in [-0.2, 0) is 20.9 Å². The average Bonchev–Trinajstić information content (AvgIpc) is 3.26. The Balaban J connectivity index is 1.32. The molecule has 2 aromatic rings. The standard InChI is InChI=1S/C22H20N2O6/c25-19-16-9-4-5-10-17(16)20(26)23(19)12-6-11-18-21(27)30-14-24(18)22(28)29-13-15-7-2-1-3-8-15/h1-5,7-10,18H,6,11-14H2. The summed E-state index contributed by atoms with van der Waals surface area (Å²) >= 11 is 0. The molecule has 0 aliphatic carbocycles. The number of carbonyl (C=O) groups excluding carboxylic acids is 4. The number of cyclic esters (lactones) is 1. The van der Waals surface area contributed by atoms with Crippen LogP contribution in [0.4, 0.5) is 4.79 Å². The quantitative estimate of drug-likeness (QED) is 0.539. The van der Waals surface area contributed by atoms with Crippen LogP contribution in [0.5, 0.6) is 0 Å². The Labute approximate surface area is 173 Å². The van der Waals surface area contributed by atoms with E-state index in [2.05, 4.69) is 0 Å². The van der Waals surface area contributed by atoms with E-state index in [1.165, 1.54) is 9.80 Å². The lowest BCUT2D eigenvalue weighted by atomic mass is 10.1. The second kappa shape index (κ2) is 8.36. The van der Waals surface area contributed by atoms with Crippen LogP contribution in [0.3, 0.4) is 0 Å². The van der Waals surface area contributed by atoms with Crippen molar-refractivity contribution in [1.29, 1.82) is 0 Å². The molecule has 2 aromatic carbocycles. The van der Waals surface area contributed by atoms with Crippen molar-refractivity contribution in [3.63, 3.8) is 0 Å². The van der Waals surface area contributed by atoms with Gasteiger partial charge < -0.3 is 9.47 Å². The van der Waals surface area contributed by atoms with Crippen LogP contribution in [0.2, 0.25) is 0 Å². The molecule has 8 nitrogen and oxygen atoms in total. The van der Waals surface area contributed by atoms with Gasteiger partial charge in [-0.05, 0) is 30.5 Å². The summed E-state index contributed by atoms with van der Waals surface area (Å²) in [5.41, 5.74) is 1.60. The number of rotatable bonds is 6. The number of ether oxygens (including phenoxy) is 2. The molecule has 8 heteroatoms. The predicted octanol–water partition coefficient (Wildman–Crippen LogP) is 2.58. The second-order valence-electron chi connectivity index (χ2n) is 7.07. The van der Waals surface area contributed by atoms with E-state index in [9.17, 15) is 19.2 Å². The Morgan fingerprint density at radius 2 is 1.60 bits per heavy atom. The van der Waals surface area contributed by atoms with Gasteiger partial charge in [-0.3, -0.25) is 19.4 Å². The molecule has 4 rings (SSSR count). The molecule has 3 amide bonds. The molecule has 2 heterocycles. The maximum atomic E-state index is 12.4. The van der Waals surface area contributed by atoms with Crippen LogP contribution in [-0.4, -0.2) is 53.0 Å². The normalized spacial score (nSPS) is 17.9. The lowest BCUT2D eigenvalue weighted by Gasteiger charge is -2.20. The first-order chi connectivity index (χ1) is 14.6. The fourth-order valence-electron chi connectivity index (χ4n) is 3.59. The minimum atomic E-state index is -0.802. The van der Waals surface area contributed by atoms with E-state index in [0.717, 1.165) is 5.56 Å². The van der Waals surface area contributed by atoms with E-state index < -0.39 is 18.1 Å². The maximum absolute atomic E-state index is 12.4. The molecule has 0 N–H and O–H groups in total. The van der Waals surface area contributed by atoms with Gasteiger partial charge in [0.15, 0.2) is 6.73 Å². The highest BCUT2D eigenvalue weighted by atomic mass is 16.6. The number of esters is 1. The number of carbonyl (C=O) groups is 4. The first-order valence-electron chi connectivity index (χ1n) is 9.65. The maximum Gasteiger partial charge on any atom is 0.413 e. The topological polar surface area (TPSA) is 93.2 Å². The number of amides is 3. The highest BCUT2D eigenvalue weighted by molar-refractivity contribution is 6.21. The third-order valence-corrected chi connectivity index (χ3v) is 5.17. The van der Waals surface area contributed by atoms with Crippen LogP contribution in [0.1, 0.15) is 39.1 Å². The molecule has 0 radical (unpaired) electrons. The van der Waals surface area contributed by atoms with E-state index in [0.29, 0.717) is 17.5 Å². The molecule has 2 aliphatic heterocycles. The zero-order valence-corrected chi connectivity index (χ0v) is 16.2. The summed E-state index contributed by atoms with van der Waals surface area (Å²) in [5.74, 6) is -1.21. The van der Waals surface area contributed by atoms with E-state index in [1.54, 1.807) is 24.3 Å². The van der Waals surface area contributed by atoms with Crippen LogP contribution >= 0.6 is 0 Å². The minimum absolute atomic E-state index is 0.0894. The van der Waals surface area contributed by atoms with Gasteiger partial charge in [-0.25, -0.2) is 9.59 Å². The number of fused-ring (bicyclic) bond motifs is 1. The summed E-state index contributed by atoms with van der Waals surface area (Å²) in [4.78, 5) is 51.7. The van der Waals surface area contributed by atoms with Gasteiger partial charge in [-0.1, -0.05) is 42.5 Å². The van der Waals surface area contributed by atoms with Gasteiger partial charge in [-0.15, -0.1) is 0 Å². The Morgan fingerprint density at radius 1 is 0.967 bits per heavy atom. The smallest absolute Gasteiger partial charge is 0.413 e. The summed E-state index contributed by atoms with van der Waals surface area (Å²) in [6.07, 6.45) is -0.0316. The molecule has 1 unspecified atom stereocenters. The van der Waals surface area contributed by atoms with Crippen molar-refractivity contribution >= 4 is 23.9 Å². The molecule has 154 valence electrons. The highest BCUT2D eigenvalue weighted by Gasteiger charge is 2.39. The Kier molecular flexibility index (Phi) is 5.47. The van der Waals surface area contributed by atoms with Crippen molar-refractivity contribution in [3.05, 3.63) is 71.3 Å². The summed E-state index contributed by atoms with van der Waals surface area (Å²) in [5, 5.41) is 0. The lowest BCUT2D eigenvalue weighted by molar-refractivity contribution is -0.139. The first-order valence-corrected chi connectivity index (χ1v) is 9.65. The Morgan fingerprint density at radius 3 is 2.27 bits per heavy atom. The van der Waals surface area contributed by atoms with Crippen molar-refractivity contribution in [2.45, 2.75) is 25.5 Å². The molecular weight excluding hydrogens is 388 g/mol. The van der Waals surface area contributed by atoms with Gasteiger partial charge in [0, 0.05) is 6.54 Å². The summed E-state index contributed by atoms with van der Waals surface area (Å²) in [7, 11) is 0. The third-order valence-electron chi connectivity index (χ3n) is 5.17. The van der Waals surface area contributed by atoms with Gasteiger partial charge in [-0.2, -0.15) is 0 Å². The fraction of sp³-hybridized carbons (Fsp3) is 0.273. The largest absolute Gasteiger partial charge is 0.444 e. The summed E-state index contributed by atoms with van der Waals surface area (Å²) in [6.45, 7) is 0.0687. The van der Waals surface area contributed by atoms with E-state index in [4.69, 9.17) is 9.47 Å². The van der Waals surface area contributed by atoms with Crippen LogP contribution in [0, 0.1) is 0 Å². The van der Waals surface area contributed by atoms with Crippen molar-refractivity contribution in [2.24, 2.45) is 0 Å². The van der Waals surface area contributed by atoms with E-state index in [1.807, 2.05) is 30.3 Å². The highest BCUT2D eigenvalue weighted by Crippen LogP contribution is 2.24. The molecule has 2 aliphatic rings. The Hall–Kier alpha value is -3.68. The van der Waals surface area contributed by atoms with Crippen molar-refractivity contribution in [3.8, 4) is 0 Å². The van der Waals surface area contributed by atoms with E-state index >= 15 is 0 Å². The molecular formula is C22H20N2O6. The zero-order valence-electron chi connectivity index (χ0n) is 16.2. The summed E-state index contributed by atoms with van der Waals surface area (Å²) < 4.78 is 10.3. The van der Waals surface area contributed by atoms with Crippen LogP contribution < -0.4 is 0 Å². The zero-order chi connectivity index (χ0) is 21.1. The first kappa shape index (κ1) is 19.6. The molecule has 1 atom stereocenters. The molecule has 0 saturated carbocycles. The molecule has 0 bridgehead atoms. The molecule has 0 spiro atoms. The van der Waals surface area contributed by atoms with Crippen LogP contribution in [0.15, 0.2) is 54.6 Å². The monoisotopic (exact) mass is 408 g/mol. The number of nitrogens with zero attached hydrogens (tertiary/aromatic N) is 2. The fourth-order valence-corrected chi connectivity index (χ4v) is 3.59. The molecule has 0 aromatic heterocycles. The predicted molar refractivity (Wildman–Crippen MR) is 104 cm³/mol. The molecule has 30 heavy (non-hydrogen) atoms. The number of hydrogen-bond acceptors (Lipinski definition) is 6. The third kappa shape index (κ3) is 3.76. The average molecular weight is 408 g/mol. The lowest BCUT2D eigenvalue weighted by Crippen LogP contribution is -2.39. The molecule has 1 saturated heterocycles. The van der Waals surface area contributed by atoms with Crippen molar-refractivity contribution in [2.75, 3.05) is 13.3 Å². The number of hydrogen-bond donors (Lipinski definition) is 0. The van der Waals surface area contributed by atoms with Gasteiger partial charge in [0.2, 0.25) is 0 Å². The Bertz CT molecular complexity index is 955. The van der Waals surface area contributed by atoms with Crippen molar-refractivity contribution in [1.82, 2.24) is 9.80 Å². The van der Waals surface area contributed by atoms with Gasteiger partial charge in [0.05, 0.1) is 11.1 Å².